The molecule has 2 aliphatic rings. The van der Waals surface area contributed by atoms with E-state index in [1.165, 1.54) is 24.5 Å². The molecule has 0 unspecified atom stereocenters. The molecule has 1 atom stereocenters. The first kappa shape index (κ1) is 22.7. The molecule has 10 heteroatoms. The van der Waals surface area contributed by atoms with E-state index in [-0.39, 0.29) is 22.8 Å². The van der Waals surface area contributed by atoms with Gasteiger partial charge in [0.15, 0.2) is 5.78 Å². The maximum absolute atomic E-state index is 13.2. The number of hydrogen-bond donors (Lipinski definition) is 2. The number of alkyl halides is 3. The van der Waals surface area contributed by atoms with Crippen molar-refractivity contribution < 1.29 is 27.2 Å². The lowest BCUT2D eigenvalue weighted by Gasteiger charge is -2.32. The summed E-state index contributed by atoms with van der Waals surface area (Å²) in [5, 5.41) is 15.7. The Labute approximate surface area is 191 Å². The number of allylic oxidation sites excluding steroid dienone is 3. The number of dihydropyridines is 1. The highest BCUT2D eigenvalue weighted by molar-refractivity contribution is 8.03. The first-order chi connectivity index (χ1) is 15.8. The van der Waals surface area contributed by atoms with Crippen molar-refractivity contribution in [2.24, 2.45) is 0 Å². The molecule has 2 heterocycles. The number of thioether (sulfide) groups is 1. The van der Waals surface area contributed by atoms with Crippen LogP contribution in [-0.4, -0.2) is 17.4 Å². The van der Waals surface area contributed by atoms with Crippen molar-refractivity contribution in [3.63, 3.8) is 0 Å². The number of amides is 1. The molecule has 0 bridgehead atoms. The predicted octanol–water partition coefficient (Wildman–Crippen LogP) is 5.10. The van der Waals surface area contributed by atoms with E-state index in [0.29, 0.717) is 41.3 Å². The number of carbonyl (C=O) groups excluding carboxylic acids is 2. The van der Waals surface area contributed by atoms with Crippen molar-refractivity contribution in [3.8, 4) is 6.07 Å². The van der Waals surface area contributed by atoms with Crippen molar-refractivity contribution in [1.29, 1.82) is 5.26 Å². The van der Waals surface area contributed by atoms with E-state index in [9.17, 15) is 28.0 Å². The van der Waals surface area contributed by atoms with E-state index >= 15 is 0 Å². The van der Waals surface area contributed by atoms with Gasteiger partial charge in [-0.15, -0.1) is 0 Å². The van der Waals surface area contributed by atoms with Gasteiger partial charge in [0.25, 0.3) is 0 Å². The van der Waals surface area contributed by atoms with Crippen molar-refractivity contribution in [2.45, 2.75) is 31.4 Å². The first-order valence-electron chi connectivity index (χ1n) is 10.1. The SMILES string of the molecule is N#CC1=C(SCC(=O)Nc2ccccc2C(F)(F)F)NC2=C(C(=O)CCC2)[C@H]1c1ccco1. The molecule has 33 heavy (non-hydrogen) atoms. The highest BCUT2D eigenvalue weighted by Gasteiger charge is 2.38. The number of rotatable bonds is 5. The minimum absolute atomic E-state index is 0.0662. The number of ketones is 1. The zero-order chi connectivity index (χ0) is 23.6. The van der Waals surface area contributed by atoms with Crippen LogP contribution in [-0.2, 0) is 15.8 Å². The maximum Gasteiger partial charge on any atom is 0.418 e. The number of furan rings is 1. The minimum atomic E-state index is -4.61. The number of para-hydroxylation sites is 1. The van der Waals surface area contributed by atoms with Gasteiger partial charge in [-0.2, -0.15) is 18.4 Å². The molecule has 2 aromatic rings. The van der Waals surface area contributed by atoms with Crippen LogP contribution in [0.5, 0.6) is 0 Å². The van der Waals surface area contributed by atoms with Gasteiger partial charge in [0.2, 0.25) is 5.91 Å². The Morgan fingerprint density at radius 2 is 2.03 bits per heavy atom. The van der Waals surface area contributed by atoms with Gasteiger partial charge in [0.1, 0.15) is 5.76 Å². The molecule has 1 amide bonds. The van der Waals surface area contributed by atoms with Crippen LogP contribution in [0.25, 0.3) is 0 Å². The van der Waals surface area contributed by atoms with Gasteiger partial charge in [-0.05, 0) is 37.1 Å². The molecule has 1 aliphatic heterocycles. The van der Waals surface area contributed by atoms with Crippen LogP contribution in [0.3, 0.4) is 0 Å². The van der Waals surface area contributed by atoms with Crippen molar-refractivity contribution in [3.05, 3.63) is 75.9 Å². The van der Waals surface area contributed by atoms with E-state index in [4.69, 9.17) is 4.42 Å². The second-order valence-corrected chi connectivity index (χ2v) is 8.46. The summed E-state index contributed by atoms with van der Waals surface area (Å²) in [6.07, 6.45) is -1.51. The van der Waals surface area contributed by atoms with Crippen LogP contribution in [0.15, 0.2) is 69.0 Å². The van der Waals surface area contributed by atoms with Crippen LogP contribution in [0, 0.1) is 11.3 Å². The fourth-order valence-corrected chi connectivity index (χ4v) is 4.80. The number of nitrogens with zero attached hydrogens (tertiary/aromatic N) is 1. The van der Waals surface area contributed by atoms with Gasteiger partial charge in [0.05, 0.1) is 45.9 Å². The van der Waals surface area contributed by atoms with E-state index in [0.717, 1.165) is 17.8 Å². The van der Waals surface area contributed by atoms with Crippen LogP contribution in [0.2, 0.25) is 0 Å². The second-order valence-electron chi connectivity index (χ2n) is 7.48. The van der Waals surface area contributed by atoms with Gasteiger partial charge in [-0.3, -0.25) is 9.59 Å². The van der Waals surface area contributed by atoms with Crippen molar-refractivity contribution >= 4 is 29.1 Å². The zero-order valence-electron chi connectivity index (χ0n) is 17.2. The standard InChI is InChI=1S/C23H18F3N3O3S/c24-23(25,26)14-5-1-2-6-15(14)28-19(31)12-33-22-13(11-27)20(18-9-4-10-32-18)21-16(29-22)7-3-8-17(21)30/h1-2,4-6,9-10,20,29H,3,7-8,12H2,(H,28,31)/t20-/m1/s1. The summed E-state index contributed by atoms with van der Waals surface area (Å²) in [4.78, 5) is 25.1. The number of nitriles is 1. The van der Waals surface area contributed by atoms with Crippen LogP contribution >= 0.6 is 11.8 Å². The summed E-state index contributed by atoms with van der Waals surface area (Å²) in [5.74, 6) is -1.20. The summed E-state index contributed by atoms with van der Waals surface area (Å²) < 4.78 is 45.1. The molecule has 4 rings (SSSR count). The number of Topliss-reactive ketones (excluding diaryl/α,β-unsaturated/α-hetero) is 1. The van der Waals surface area contributed by atoms with Crippen molar-refractivity contribution in [1.82, 2.24) is 5.32 Å². The summed E-state index contributed by atoms with van der Waals surface area (Å²) in [6.45, 7) is 0. The number of hydrogen-bond acceptors (Lipinski definition) is 6. The largest absolute Gasteiger partial charge is 0.468 e. The molecule has 0 saturated heterocycles. The summed E-state index contributed by atoms with van der Waals surface area (Å²) in [6, 6.07) is 10.2. The van der Waals surface area contributed by atoms with Gasteiger partial charge < -0.3 is 15.1 Å². The normalized spacial score (nSPS) is 18.5. The predicted molar refractivity (Wildman–Crippen MR) is 116 cm³/mol. The maximum atomic E-state index is 13.2. The summed E-state index contributed by atoms with van der Waals surface area (Å²) >= 11 is 0.994. The lowest BCUT2D eigenvalue weighted by Crippen LogP contribution is -2.31. The van der Waals surface area contributed by atoms with Crippen molar-refractivity contribution in [2.75, 3.05) is 11.1 Å². The first-order valence-corrected chi connectivity index (χ1v) is 11.1. The Bertz CT molecular complexity index is 1190. The Morgan fingerprint density at radius 1 is 1.24 bits per heavy atom. The van der Waals surface area contributed by atoms with Gasteiger partial charge in [0, 0.05) is 17.7 Å². The zero-order valence-corrected chi connectivity index (χ0v) is 18.0. The van der Waals surface area contributed by atoms with E-state index in [1.54, 1.807) is 12.1 Å². The molecule has 0 saturated carbocycles. The molecular formula is C23H18F3N3O3S. The fraction of sp³-hybridized carbons (Fsp3) is 0.261. The quantitative estimate of drug-likeness (QED) is 0.628. The number of nitrogens with one attached hydrogen (secondary N) is 2. The number of benzene rings is 1. The number of carbonyl (C=O) groups is 2. The molecule has 0 fully saturated rings. The Balaban J connectivity index is 1.57. The Morgan fingerprint density at radius 3 is 2.73 bits per heavy atom. The second kappa shape index (κ2) is 9.19. The third-order valence-corrected chi connectivity index (χ3v) is 6.36. The highest BCUT2D eigenvalue weighted by Crippen LogP contribution is 2.44. The topological polar surface area (TPSA) is 95.1 Å². The van der Waals surface area contributed by atoms with Crippen LogP contribution in [0.4, 0.5) is 18.9 Å². The molecular weight excluding hydrogens is 455 g/mol. The molecule has 2 N–H and O–H groups in total. The van der Waals surface area contributed by atoms with E-state index in [1.807, 2.05) is 0 Å². The monoisotopic (exact) mass is 473 g/mol. The number of halogens is 3. The average Bonchev–Trinajstić information content (AvgIpc) is 3.31. The molecule has 0 radical (unpaired) electrons. The van der Waals surface area contributed by atoms with Crippen LogP contribution < -0.4 is 10.6 Å². The Hall–Kier alpha value is -3.45. The molecule has 1 aliphatic carbocycles. The lowest BCUT2D eigenvalue weighted by atomic mass is 9.79. The summed E-state index contributed by atoms with van der Waals surface area (Å²) in [5.41, 5.74) is 0.118. The smallest absolute Gasteiger partial charge is 0.418 e. The van der Waals surface area contributed by atoms with Gasteiger partial charge >= 0.3 is 6.18 Å². The minimum Gasteiger partial charge on any atom is -0.468 e. The lowest BCUT2D eigenvalue weighted by molar-refractivity contribution is -0.137. The molecule has 1 aromatic heterocycles. The molecule has 1 aromatic carbocycles. The van der Waals surface area contributed by atoms with Gasteiger partial charge in [-0.1, -0.05) is 23.9 Å². The summed E-state index contributed by atoms with van der Waals surface area (Å²) in [7, 11) is 0. The molecule has 0 spiro atoms. The molecule has 6 nitrogen and oxygen atoms in total. The third kappa shape index (κ3) is 4.68. The van der Waals surface area contributed by atoms with E-state index in [2.05, 4.69) is 16.7 Å². The third-order valence-electron chi connectivity index (χ3n) is 5.34. The highest BCUT2D eigenvalue weighted by atomic mass is 32.2. The van der Waals surface area contributed by atoms with Crippen LogP contribution in [0.1, 0.15) is 36.5 Å². The number of anilines is 1. The Kier molecular flexibility index (Phi) is 6.33. The molecule has 170 valence electrons. The average molecular weight is 473 g/mol. The fourth-order valence-electron chi connectivity index (χ4n) is 3.94. The van der Waals surface area contributed by atoms with E-state index < -0.39 is 23.6 Å². The van der Waals surface area contributed by atoms with Gasteiger partial charge in [-0.25, -0.2) is 0 Å².